The van der Waals surface area contributed by atoms with Crippen molar-refractivity contribution in [2.45, 2.75) is 0 Å². The maximum atomic E-state index is 12.2. The average molecular weight is 284 g/mol. The monoisotopic (exact) mass is 283 g/mol. The number of halogens is 1. The molecule has 0 saturated heterocycles. The van der Waals surface area contributed by atoms with Crippen molar-refractivity contribution in [3.63, 3.8) is 0 Å². The van der Waals surface area contributed by atoms with Crippen molar-refractivity contribution in [2.75, 3.05) is 0 Å². The molecule has 0 radical (unpaired) electrons. The molecule has 0 N–H and O–H groups in total. The van der Waals surface area contributed by atoms with E-state index in [1.165, 1.54) is 0 Å². The Labute approximate surface area is 120 Å². The van der Waals surface area contributed by atoms with Gasteiger partial charge in [-0.25, -0.2) is 4.68 Å². The largest absolute Gasteiger partial charge is 0.287 e. The minimum absolute atomic E-state index is 0.147. The third kappa shape index (κ3) is 2.46. The first-order valence-corrected chi connectivity index (χ1v) is 6.40. The summed E-state index contributed by atoms with van der Waals surface area (Å²) in [6, 6.07) is 16.2. The van der Waals surface area contributed by atoms with E-state index in [0.717, 1.165) is 5.69 Å². The van der Waals surface area contributed by atoms with Crippen LogP contribution in [0.15, 0.2) is 60.8 Å². The van der Waals surface area contributed by atoms with Gasteiger partial charge in [-0.15, -0.1) is 5.10 Å². The highest BCUT2D eigenvalue weighted by Gasteiger charge is 2.13. The summed E-state index contributed by atoms with van der Waals surface area (Å²) in [5.74, 6) is -0.147. The zero-order valence-corrected chi connectivity index (χ0v) is 11.2. The summed E-state index contributed by atoms with van der Waals surface area (Å²) < 4.78 is 1.55. The van der Waals surface area contributed by atoms with Crippen LogP contribution >= 0.6 is 11.6 Å². The van der Waals surface area contributed by atoms with E-state index in [4.69, 9.17) is 11.6 Å². The first-order chi connectivity index (χ1) is 9.74. The predicted molar refractivity (Wildman–Crippen MR) is 76.2 cm³/mol. The van der Waals surface area contributed by atoms with Gasteiger partial charge in [-0.1, -0.05) is 47.1 Å². The second-order valence-electron chi connectivity index (χ2n) is 4.22. The highest BCUT2D eigenvalue weighted by atomic mass is 35.5. The summed E-state index contributed by atoms with van der Waals surface area (Å²) >= 11 is 5.84. The number of ketones is 1. The molecule has 3 aromatic rings. The summed E-state index contributed by atoms with van der Waals surface area (Å²) in [6.07, 6.45) is 1.61. The van der Waals surface area contributed by atoms with Crippen LogP contribution in [-0.2, 0) is 0 Å². The Bertz CT molecular complexity index is 735. The molecule has 2 aromatic carbocycles. The molecule has 0 fully saturated rings. The van der Waals surface area contributed by atoms with Gasteiger partial charge in [0.25, 0.3) is 0 Å². The number of benzene rings is 2. The summed E-state index contributed by atoms with van der Waals surface area (Å²) in [5, 5.41) is 8.53. The number of hydrogen-bond acceptors (Lipinski definition) is 3. The first kappa shape index (κ1) is 12.6. The molecular formula is C15H10ClN3O. The van der Waals surface area contributed by atoms with Crippen molar-refractivity contribution < 1.29 is 4.79 Å². The number of hydrogen-bond donors (Lipinski definition) is 0. The molecule has 0 bridgehead atoms. The zero-order valence-electron chi connectivity index (χ0n) is 10.4. The normalized spacial score (nSPS) is 10.4. The van der Waals surface area contributed by atoms with Crippen LogP contribution < -0.4 is 0 Å². The van der Waals surface area contributed by atoms with Crippen molar-refractivity contribution in [3.05, 3.63) is 77.1 Å². The van der Waals surface area contributed by atoms with E-state index in [0.29, 0.717) is 16.3 Å². The van der Waals surface area contributed by atoms with E-state index in [-0.39, 0.29) is 5.78 Å². The highest BCUT2D eigenvalue weighted by molar-refractivity contribution is 6.30. The molecule has 0 aliphatic heterocycles. The van der Waals surface area contributed by atoms with Crippen LogP contribution in [0.25, 0.3) is 5.69 Å². The molecular weight excluding hydrogens is 274 g/mol. The first-order valence-electron chi connectivity index (χ1n) is 6.02. The van der Waals surface area contributed by atoms with Gasteiger partial charge in [0.2, 0.25) is 5.78 Å². The average Bonchev–Trinajstić information content (AvgIpc) is 2.98. The maximum absolute atomic E-state index is 12.2. The SMILES string of the molecule is O=C(c1ccccc1)c1cn(-c2ccc(Cl)cc2)nn1. The number of carbonyl (C=O) groups is 1. The van der Waals surface area contributed by atoms with Crippen molar-refractivity contribution in [3.8, 4) is 5.69 Å². The van der Waals surface area contributed by atoms with Crippen LogP contribution in [0.1, 0.15) is 16.1 Å². The molecule has 0 atom stereocenters. The van der Waals surface area contributed by atoms with E-state index in [1.807, 2.05) is 30.3 Å². The number of nitrogens with zero attached hydrogens (tertiary/aromatic N) is 3. The molecule has 4 nitrogen and oxygen atoms in total. The smallest absolute Gasteiger partial charge is 0.214 e. The Hall–Kier alpha value is -2.46. The van der Waals surface area contributed by atoms with Crippen molar-refractivity contribution in [1.82, 2.24) is 15.0 Å². The molecule has 0 saturated carbocycles. The predicted octanol–water partition coefficient (Wildman–Crippen LogP) is 3.15. The molecule has 0 spiro atoms. The van der Waals surface area contributed by atoms with Gasteiger partial charge in [0, 0.05) is 10.6 Å². The van der Waals surface area contributed by atoms with Crippen LogP contribution in [0, 0.1) is 0 Å². The van der Waals surface area contributed by atoms with Gasteiger partial charge in [-0.2, -0.15) is 0 Å². The summed E-state index contributed by atoms with van der Waals surface area (Å²) in [5.41, 5.74) is 1.70. The zero-order chi connectivity index (χ0) is 13.9. The molecule has 0 amide bonds. The van der Waals surface area contributed by atoms with Gasteiger partial charge in [0.15, 0.2) is 5.69 Å². The van der Waals surface area contributed by atoms with Crippen molar-refractivity contribution >= 4 is 17.4 Å². The van der Waals surface area contributed by atoms with Crippen LogP contribution in [0.4, 0.5) is 0 Å². The Balaban J connectivity index is 1.91. The fraction of sp³-hybridized carbons (Fsp3) is 0. The Morgan fingerprint density at radius 3 is 2.40 bits per heavy atom. The molecule has 1 aromatic heterocycles. The van der Waals surface area contributed by atoms with Gasteiger partial charge in [-0.3, -0.25) is 4.79 Å². The molecule has 0 aliphatic rings. The number of carbonyl (C=O) groups excluding carboxylic acids is 1. The molecule has 3 rings (SSSR count). The van der Waals surface area contributed by atoms with Crippen molar-refractivity contribution in [1.29, 1.82) is 0 Å². The lowest BCUT2D eigenvalue weighted by Crippen LogP contribution is -2.01. The third-order valence-corrected chi connectivity index (χ3v) is 3.11. The van der Waals surface area contributed by atoms with Gasteiger partial charge >= 0.3 is 0 Å². The molecule has 0 unspecified atom stereocenters. The van der Waals surface area contributed by atoms with Crippen LogP contribution in [-0.4, -0.2) is 20.8 Å². The Morgan fingerprint density at radius 1 is 1.00 bits per heavy atom. The standard InChI is InChI=1S/C15H10ClN3O/c16-12-6-8-13(9-7-12)19-10-14(17-18-19)15(20)11-4-2-1-3-5-11/h1-10H. The lowest BCUT2D eigenvalue weighted by molar-refractivity contribution is 0.103. The second kappa shape index (κ2) is 5.27. The van der Waals surface area contributed by atoms with E-state index in [2.05, 4.69) is 10.3 Å². The molecule has 0 aliphatic carbocycles. The van der Waals surface area contributed by atoms with Gasteiger partial charge < -0.3 is 0 Å². The fourth-order valence-corrected chi connectivity index (χ4v) is 1.95. The summed E-state index contributed by atoms with van der Waals surface area (Å²) in [7, 11) is 0. The third-order valence-electron chi connectivity index (χ3n) is 2.85. The number of aromatic nitrogens is 3. The Morgan fingerprint density at radius 2 is 1.70 bits per heavy atom. The number of rotatable bonds is 3. The van der Waals surface area contributed by atoms with Gasteiger partial charge in [0.05, 0.1) is 11.9 Å². The van der Waals surface area contributed by atoms with E-state index >= 15 is 0 Å². The molecule has 5 heteroatoms. The summed E-state index contributed by atoms with van der Waals surface area (Å²) in [4.78, 5) is 12.2. The molecule has 20 heavy (non-hydrogen) atoms. The van der Waals surface area contributed by atoms with Gasteiger partial charge in [0.1, 0.15) is 0 Å². The van der Waals surface area contributed by atoms with Gasteiger partial charge in [-0.05, 0) is 24.3 Å². The summed E-state index contributed by atoms with van der Waals surface area (Å²) in [6.45, 7) is 0. The lowest BCUT2D eigenvalue weighted by atomic mass is 10.1. The minimum atomic E-state index is -0.147. The fourth-order valence-electron chi connectivity index (χ4n) is 1.83. The van der Waals surface area contributed by atoms with E-state index in [1.54, 1.807) is 35.1 Å². The van der Waals surface area contributed by atoms with Crippen molar-refractivity contribution in [2.24, 2.45) is 0 Å². The van der Waals surface area contributed by atoms with E-state index in [9.17, 15) is 4.79 Å². The second-order valence-corrected chi connectivity index (χ2v) is 4.66. The van der Waals surface area contributed by atoms with Crippen LogP contribution in [0.2, 0.25) is 5.02 Å². The highest BCUT2D eigenvalue weighted by Crippen LogP contribution is 2.13. The van der Waals surface area contributed by atoms with E-state index < -0.39 is 0 Å². The quantitative estimate of drug-likeness (QED) is 0.694. The van der Waals surface area contributed by atoms with Crippen LogP contribution in [0.5, 0.6) is 0 Å². The lowest BCUT2D eigenvalue weighted by Gasteiger charge is -1.99. The molecule has 1 heterocycles. The minimum Gasteiger partial charge on any atom is -0.287 e. The topological polar surface area (TPSA) is 47.8 Å². The molecule has 98 valence electrons. The maximum Gasteiger partial charge on any atom is 0.214 e. The Kier molecular flexibility index (Phi) is 3.31. The van der Waals surface area contributed by atoms with Crippen LogP contribution in [0.3, 0.4) is 0 Å².